The van der Waals surface area contributed by atoms with Gasteiger partial charge >= 0.3 is 5.63 Å². The summed E-state index contributed by atoms with van der Waals surface area (Å²) < 4.78 is 5.38. The molecule has 1 aliphatic heterocycles. The molecular formula is C22H24N2O2. The number of para-hydroxylation sites is 1. The van der Waals surface area contributed by atoms with Crippen molar-refractivity contribution in [3.8, 4) is 0 Å². The summed E-state index contributed by atoms with van der Waals surface area (Å²) in [6.45, 7) is 8.94. The first kappa shape index (κ1) is 16.9. The normalized spacial score (nSPS) is 15.5. The zero-order valence-electron chi connectivity index (χ0n) is 15.4. The summed E-state index contributed by atoms with van der Waals surface area (Å²) in [5.41, 5.74) is 5.23. The lowest BCUT2D eigenvalue weighted by Gasteiger charge is -2.36. The molecule has 4 nitrogen and oxygen atoms in total. The molecule has 1 fully saturated rings. The topological polar surface area (TPSA) is 36.7 Å². The lowest BCUT2D eigenvalue weighted by atomic mass is 10.1. The quantitative estimate of drug-likeness (QED) is 0.676. The van der Waals surface area contributed by atoms with Gasteiger partial charge in [0.15, 0.2) is 0 Å². The summed E-state index contributed by atoms with van der Waals surface area (Å²) in [5, 5.41) is 1.04. The molecule has 1 aliphatic rings. The second-order valence-corrected chi connectivity index (χ2v) is 7.14. The van der Waals surface area contributed by atoms with Crippen LogP contribution in [0.4, 0.5) is 5.69 Å². The third kappa shape index (κ3) is 3.37. The fourth-order valence-electron chi connectivity index (χ4n) is 3.77. The highest BCUT2D eigenvalue weighted by molar-refractivity contribution is 5.80. The molecule has 0 unspecified atom stereocenters. The van der Waals surface area contributed by atoms with Gasteiger partial charge in [-0.2, -0.15) is 0 Å². The van der Waals surface area contributed by atoms with Crippen molar-refractivity contribution in [3.63, 3.8) is 0 Å². The molecule has 0 radical (unpaired) electrons. The number of fused-ring (bicyclic) bond motifs is 1. The summed E-state index contributed by atoms with van der Waals surface area (Å²) in [4.78, 5) is 16.8. The molecule has 0 spiro atoms. The van der Waals surface area contributed by atoms with Crippen LogP contribution >= 0.6 is 0 Å². The molecule has 1 saturated heterocycles. The Morgan fingerprint density at radius 2 is 1.73 bits per heavy atom. The van der Waals surface area contributed by atoms with Crippen molar-refractivity contribution in [1.29, 1.82) is 0 Å². The lowest BCUT2D eigenvalue weighted by Crippen LogP contribution is -2.46. The van der Waals surface area contributed by atoms with Gasteiger partial charge in [0.25, 0.3) is 0 Å². The van der Waals surface area contributed by atoms with Crippen LogP contribution in [0.25, 0.3) is 11.0 Å². The van der Waals surface area contributed by atoms with E-state index in [9.17, 15) is 4.79 Å². The van der Waals surface area contributed by atoms with Gasteiger partial charge in [0.05, 0.1) is 0 Å². The predicted octanol–water partition coefficient (Wildman–Crippen LogP) is 3.73. The number of benzene rings is 2. The third-order valence-electron chi connectivity index (χ3n) is 5.21. The predicted molar refractivity (Wildman–Crippen MR) is 106 cm³/mol. The van der Waals surface area contributed by atoms with Crippen molar-refractivity contribution in [2.24, 2.45) is 0 Å². The maximum absolute atomic E-state index is 11.9. The summed E-state index contributed by atoms with van der Waals surface area (Å²) in [6.07, 6.45) is 0. The van der Waals surface area contributed by atoms with E-state index >= 15 is 0 Å². The van der Waals surface area contributed by atoms with Gasteiger partial charge in [0.1, 0.15) is 5.58 Å². The third-order valence-corrected chi connectivity index (χ3v) is 5.21. The minimum Gasteiger partial charge on any atom is -0.423 e. The van der Waals surface area contributed by atoms with E-state index in [1.54, 1.807) is 6.07 Å². The molecule has 4 heteroatoms. The number of anilines is 1. The van der Waals surface area contributed by atoms with E-state index in [-0.39, 0.29) is 5.63 Å². The Labute approximate surface area is 153 Å². The minimum absolute atomic E-state index is 0.267. The van der Waals surface area contributed by atoms with E-state index in [0.29, 0.717) is 5.58 Å². The average Bonchev–Trinajstić information content (AvgIpc) is 2.62. The van der Waals surface area contributed by atoms with Gasteiger partial charge in [-0.3, -0.25) is 4.90 Å². The van der Waals surface area contributed by atoms with Crippen LogP contribution in [0.1, 0.15) is 16.7 Å². The monoisotopic (exact) mass is 348 g/mol. The molecular weight excluding hydrogens is 324 g/mol. The number of piperazine rings is 1. The SMILES string of the molecule is Cc1ccc2c(CN3CCN(c4ccccc4C)CC3)cc(=O)oc2c1. The van der Waals surface area contributed by atoms with Crippen LogP contribution in [0.15, 0.2) is 57.7 Å². The molecule has 134 valence electrons. The maximum Gasteiger partial charge on any atom is 0.336 e. The van der Waals surface area contributed by atoms with E-state index in [4.69, 9.17) is 4.42 Å². The minimum atomic E-state index is -0.267. The average molecular weight is 348 g/mol. The molecule has 4 rings (SSSR count). The second kappa shape index (κ2) is 6.96. The Hall–Kier alpha value is -2.59. The van der Waals surface area contributed by atoms with Crippen molar-refractivity contribution in [1.82, 2.24) is 4.90 Å². The van der Waals surface area contributed by atoms with Gasteiger partial charge in [0, 0.05) is 49.9 Å². The van der Waals surface area contributed by atoms with Crippen LogP contribution in [-0.4, -0.2) is 31.1 Å². The Morgan fingerprint density at radius 1 is 0.962 bits per heavy atom. The van der Waals surface area contributed by atoms with Crippen molar-refractivity contribution < 1.29 is 4.42 Å². The molecule has 0 aliphatic carbocycles. The molecule has 0 saturated carbocycles. The fourth-order valence-corrected chi connectivity index (χ4v) is 3.77. The molecule has 2 aromatic carbocycles. The molecule has 0 amide bonds. The summed E-state index contributed by atoms with van der Waals surface area (Å²) in [6, 6.07) is 16.3. The Kier molecular flexibility index (Phi) is 4.51. The molecule has 2 heterocycles. The van der Waals surface area contributed by atoms with Crippen LogP contribution < -0.4 is 10.5 Å². The van der Waals surface area contributed by atoms with Crippen LogP contribution in [0.5, 0.6) is 0 Å². The summed E-state index contributed by atoms with van der Waals surface area (Å²) in [5.74, 6) is 0. The van der Waals surface area contributed by atoms with Gasteiger partial charge in [-0.15, -0.1) is 0 Å². The highest BCUT2D eigenvalue weighted by Crippen LogP contribution is 2.23. The van der Waals surface area contributed by atoms with Gasteiger partial charge in [0.2, 0.25) is 0 Å². The van der Waals surface area contributed by atoms with E-state index in [2.05, 4.69) is 53.1 Å². The second-order valence-electron chi connectivity index (χ2n) is 7.14. The Morgan fingerprint density at radius 3 is 2.50 bits per heavy atom. The number of aryl methyl sites for hydroxylation is 2. The highest BCUT2D eigenvalue weighted by atomic mass is 16.4. The summed E-state index contributed by atoms with van der Waals surface area (Å²) >= 11 is 0. The van der Waals surface area contributed by atoms with Gasteiger partial charge < -0.3 is 9.32 Å². The van der Waals surface area contributed by atoms with Crippen LogP contribution in [-0.2, 0) is 6.54 Å². The molecule has 0 N–H and O–H groups in total. The molecule has 26 heavy (non-hydrogen) atoms. The zero-order chi connectivity index (χ0) is 18.1. The van der Waals surface area contributed by atoms with E-state index in [1.165, 1.54) is 11.3 Å². The number of hydrogen-bond acceptors (Lipinski definition) is 4. The number of hydrogen-bond donors (Lipinski definition) is 0. The molecule has 3 aromatic rings. The smallest absolute Gasteiger partial charge is 0.336 e. The van der Waals surface area contributed by atoms with Gasteiger partial charge in [-0.25, -0.2) is 4.79 Å². The van der Waals surface area contributed by atoms with E-state index in [0.717, 1.165) is 49.2 Å². The largest absolute Gasteiger partial charge is 0.423 e. The Bertz CT molecular complexity index is 985. The van der Waals surface area contributed by atoms with Crippen molar-refractivity contribution in [2.45, 2.75) is 20.4 Å². The van der Waals surface area contributed by atoms with Crippen LogP contribution in [0.3, 0.4) is 0 Å². The van der Waals surface area contributed by atoms with Crippen molar-refractivity contribution in [3.05, 3.63) is 75.6 Å². The van der Waals surface area contributed by atoms with Gasteiger partial charge in [-0.1, -0.05) is 30.3 Å². The van der Waals surface area contributed by atoms with Gasteiger partial charge in [-0.05, 0) is 42.7 Å². The van der Waals surface area contributed by atoms with Crippen molar-refractivity contribution in [2.75, 3.05) is 31.1 Å². The lowest BCUT2D eigenvalue weighted by molar-refractivity contribution is 0.250. The first-order valence-electron chi connectivity index (χ1n) is 9.16. The van der Waals surface area contributed by atoms with E-state index in [1.807, 2.05) is 13.0 Å². The number of nitrogens with zero attached hydrogens (tertiary/aromatic N) is 2. The van der Waals surface area contributed by atoms with Crippen LogP contribution in [0.2, 0.25) is 0 Å². The fraction of sp³-hybridized carbons (Fsp3) is 0.318. The first-order valence-corrected chi connectivity index (χ1v) is 9.16. The van der Waals surface area contributed by atoms with Crippen molar-refractivity contribution >= 4 is 16.7 Å². The standard InChI is InChI=1S/C22H24N2O2/c1-16-7-8-19-18(14-22(25)26-21(19)13-16)15-23-9-11-24(12-10-23)20-6-4-3-5-17(20)2/h3-8,13-14H,9-12,15H2,1-2H3. The Balaban J connectivity index is 1.51. The zero-order valence-corrected chi connectivity index (χ0v) is 15.4. The molecule has 1 aromatic heterocycles. The highest BCUT2D eigenvalue weighted by Gasteiger charge is 2.19. The molecule has 0 atom stereocenters. The number of rotatable bonds is 3. The summed E-state index contributed by atoms with van der Waals surface area (Å²) in [7, 11) is 0. The first-order chi connectivity index (χ1) is 12.6. The molecule has 0 bridgehead atoms. The van der Waals surface area contributed by atoms with Crippen LogP contribution in [0, 0.1) is 13.8 Å². The maximum atomic E-state index is 11.9. The van der Waals surface area contributed by atoms with E-state index < -0.39 is 0 Å².